The summed E-state index contributed by atoms with van der Waals surface area (Å²) >= 11 is 5.94. The van der Waals surface area contributed by atoms with Crippen LogP contribution in [-0.4, -0.2) is 19.1 Å². The first-order valence-corrected chi connectivity index (χ1v) is 5.54. The lowest BCUT2D eigenvalue weighted by atomic mass is 10.1. The van der Waals surface area contributed by atoms with Gasteiger partial charge in [-0.15, -0.1) is 11.6 Å². The molecule has 1 rings (SSSR count). The van der Waals surface area contributed by atoms with Crippen LogP contribution in [0.3, 0.4) is 0 Å². The molecular weight excluding hydrogens is 212 g/mol. The van der Waals surface area contributed by atoms with E-state index in [1.165, 1.54) is 5.56 Å². The van der Waals surface area contributed by atoms with Crippen LogP contribution < -0.4 is 9.47 Å². The minimum atomic E-state index is 0.132. The molecule has 1 atom stereocenters. The lowest BCUT2D eigenvalue weighted by Gasteiger charge is -2.11. The lowest BCUT2D eigenvalue weighted by Crippen LogP contribution is -2.00. The van der Waals surface area contributed by atoms with Crippen LogP contribution in [0.2, 0.25) is 0 Å². The molecule has 2 nitrogen and oxygen atoms in total. The largest absolute Gasteiger partial charge is 0.493 e. The third kappa shape index (κ3) is 3.63. The average Bonchev–Trinajstić information content (AvgIpc) is 2.18. The van der Waals surface area contributed by atoms with Gasteiger partial charge < -0.3 is 9.47 Å². The second-order valence-electron chi connectivity index (χ2n) is 3.40. The van der Waals surface area contributed by atoms with Crippen molar-refractivity contribution in [1.82, 2.24) is 0 Å². The molecule has 0 heterocycles. The Balaban J connectivity index is 2.88. The second-order valence-corrected chi connectivity index (χ2v) is 4.15. The zero-order valence-corrected chi connectivity index (χ0v) is 10.2. The second kappa shape index (κ2) is 5.86. The van der Waals surface area contributed by atoms with E-state index in [0.717, 1.165) is 17.9 Å². The summed E-state index contributed by atoms with van der Waals surface area (Å²) < 4.78 is 10.7. The van der Waals surface area contributed by atoms with Crippen molar-refractivity contribution >= 4 is 11.6 Å². The summed E-state index contributed by atoms with van der Waals surface area (Å²) in [5.74, 6) is 1.55. The van der Waals surface area contributed by atoms with Gasteiger partial charge in [-0.3, -0.25) is 0 Å². The lowest BCUT2D eigenvalue weighted by molar-refractivity contribution is 0.310. The van der Waals surface area contributed by atoms with Crippen LogP contribution in [0.1, 0.15) is 19.4 Å². The molecule has 0 radical (unpaired) electrons. The maximum absolute atomic E-state index is 5.94. The van der Waals surface area contributed by atoms with Crippen LogP contribution in [0, 0.1) is 0 Å². The Labute approximate surface area is 96.2 Å². The summed E-state index contributed by atoms with van der Waals surface area (Å²) in [5, 5.41) is 0.132. The highest BCUT2D eigenvalue weighted by atomic mass is 35.5. The van der Waals surface area contributed by atoms with Crippen molar-refractivity contribution in [1.29, 1.82) is 0 Å². The molecule has 0 N–H and O–H groups in total. The molecule has 0 spiro atoms. The van der Waals surface area contributed by atoms with Crippen LogP contribution in [0.25, 0.3) is 0 Å². The fourth-order valence-electron chi connectivity index (χ4n) is 1.44. The third-order valence-electron chi connectivity index (χ3n) is 2.04. The molecule has 0 saturated carbocycles. The normalized spacial score (nSPS) is 12.3. The van der Waals surface area contributed by atoms with Gasteiger partial charge in [0, 0.05) is 5.38 Å². The van der Waals surface area contributed by atoms with Crippen LogP contribution in [0.5, 0.6) is 11.5 Å². The third-order valence-corrected chi connectivity index (χ3v) is 2.20. The molecule has 15 heavy (non-hydrogen) atoms. The first kappa shape index (κ1) is 12.2. The highest BCUT2D eigenvalue weighted by molar-refractivity contribution is 6.20. The summed E-state index contributed by atoms with van der Waals surface area (Å²) in [6, 6.07) is 5.92. The van der Waals surface area contributed by atoms with Gasteiger partial charge in [-0.05, 0) is 38.0 Å². The fraction of sp³-hybridized carbons (Fsp3) is 0.500. The Morgan fingerprint density at radius 2 is 2.07 bits per heavy atom. The van der Waals surface area contributed by atoms with Crippen LogP contribution >= 0.6 is 11.6 Å². The fourth-order valence-corrected chi connectivity index (χ4v) is 1.62. The van der Waals surface area contributed by atoms with E-state index >= 15 is 0 Å². The van der Waals surface area contributed by atoms with Crippen molar-refractivity contribution in [2.75, 3.05) is 13.7 Å². The van der Waals surface area contributed by atoms with Crippen LogP contribution in [0.15, 0.2) is 18.2 Å². The van der Waals surface area contributed by atoms with E-state index in [1.54, 1.807) is 7.11 Å². The number of halogens is 1. The highest BCUT2D eigenvalue weighted by Gasteiger charge is 2.06. The van der Waals surface area contributed by atoms with Gasteiger partial charge in [-0.2, -0.15) is 0 Å². The van der Waals surface area contributed by atoms with Gasteiger partial charge >= 0.3 is 0 Å². The number of alkyl halides is 1. The topological polar surface area (TPSA) is 18.5 Å². The molecule has 1 aromatic carbocycles. The summed E-state index contributed by atoms with van der Waals surface area (Å²) in [6.07, 6.45) is 0.839. The highest BCUT2D eigenvalue weighted by Crippen LogP contribution is 2.28. The zero-order chi connectivity index (χ0) is 11.3. The van der Waals surface area contributed by atoms with E-state index in [0.29, 0.717) is 6.61 Å². The Kier molecular flexibility index (Phi) is 4.76. The molecule has 0 aliphatic rings. The monoisotopic (exact) mass is 228 g/mol. The minimum Gasteiger partial charge on any atom is -0.493 e. The van der Waals surface area contributed by atoms with Crippen molar-refractivity contribution in [3.8, 4) is 11.5 Å². The molecule has 84 valence electrons. The number of hydrogen-bond acceptors (Lipinski definition) is 2. The van der Waals surface area contributed by atoms with Gasteiger partial charge in [0.2, 0.25) is 0 Å². The number of ether oxygens (including phenoxy) is 2. The van der Waals surface area contributed by atoms with Crippen molar-refractivity contribution in [3.05, 3.63) is 23.8 Å². The van der Waals surface area contributed by atoms with Gasteiger partial charge in [0.15, 0.2) is 11.5 Å². The standard InChI is InChI=1S/C12H17ClO2/c1-4-15-12-8-10(7-9(2)13)5-6-11(12)14-3/h5-6,8-9H,4,7H2,1-3H3. The molecule has 3 heteroatoms. The van der Waals surface area contributed by atoms with Gasteiger partial charge in [-0.25, -0.2) is 0 Å². The van der Waals surface area contributed by atoms with Crippen molar-refractivity contribution in [2.45, 2.75) is 25.6 Å². The Hall–Kier alpha value is -0.890. The first-order valence-electron chi connectivity index (χ1n) is 5.11. The van der Waals surface area contributed by atoms with E-state index in [9.17, 15) is 0 Å². The zero-order valence-electron chi connectivity index (χ0n) is 9.42. The molecule has 1 unspecified atom stereocenters. The van der Waals surface area contributed by atoms with Crippen molar-refractivity contribution in [2.24, 2.45) is 0 Å². The van der Waals surface area contributed by atoms with Gasteiger partial charge in [0.1, 0.15) is 0 Å². The molecule has 0 aliphatic heterocycles. The van der Waals surface area contributed by atoms with E-state index in [4.69, 9.17) is 21.1 Å². The maximum Gasteiger partial charge on any atom is 0.161 e. The Bertz CT molecular complexity index is 310. The molecule has 0 fully saturated rings. The molecule has 0 aromatic heterocycles. The first-order chi connectivity index (χ1) is 7.17. The SMILES string of the molecule is CCOc1cc(CC(C)Cl)ccc1OC. The quantitative estimate of drug-likeness (QED) is 0.721. The molecular formula is C12H17ClO2. The van der Waals surface area contributed by atoms with Crippen LogP contribution in [-0.2, 0) is 6.42 Å². The van der Waals surface area contributed by atoms with Crippen molar-refractivity contribution in [3.63, 3.8) is 0 Å². The molecule has 1 aromatic rings. The summed E-state index contributed by atoms with van der Waals surface area (Å²) in [5.41, 5.74) is 1.17. The van der Waals surface area contributed by atoms with E-state index in [-0.39, 0.29) is 5.38 Å². The predicted molar refractivity (Wildman–Crippen MR) is 63.2 cm³/mol. The van der Waals surface area contributed by atoms with E-state index in [2.05, 4.69) is 0 Å². The van der Waals surface area contributed by atoms with E-state index < -0.39 is 0 Å². The van der Waals surface area contributed by atoms with Crippen molar-refractivity contribution < 1.29 is 9.47 Å². The summed E-state index contributed by atoms with van der Waals surface area (Å²) in [6.45, 7) is 4.57. The maximum atomic E-state index is 5.94. The molecule has 0 aliphatic carbocycles. The van der Waals surface area contributed by atoms with Gasteiger partial charge in [-0.1, -0.05) is 6.07 Å². The number of methoxy groups -OCH3 is 1. The number of benzene rings is 1. The summed E-state index contributed by atoms with van der Waals surface area (Å²) in [4.78, 5) is 0. The molecule has 0 bridgehead atoms. The average molecular weight is 229 g/mol. The Morgan fingerprint density at radius 1 is 1.33 bits per heavy atom. The smallest absolute Gasteiger partial charge is 0.161 e. The van der Waals surface area contributed by atoms with Crippen LogP contribution in [0.4, 0.5) is 0 Å². The summed E-state index contributed by atoms with van der Waals surface area (Å²) in [7, 11) is 1.64. The predicted octanol–water partition coefficient (Wildman–Crippen LogP) is 3.26. The molecule has 0 saturated heterocycles. The number of hydrogen-bond donors (Lipinski definition) is 0. The molecule has 0 amide bonds. The van der Waals surface area contributed by atoms with Gasteiger partial charge in [0.25, 0.3) is 0 Å². The van der Waals surface area contributed by atoms with Gasteiger partial charge in [0.05, 0.1) is 13.7 Å². The van der Waals surface area contributed by atoms with E-state index in [1.807, 2.05) is 32.0 Å². The number of rotatable bonds is 5. The Morgan fingerprint density at radius 3 is 2.60 bits per heavy atom. The minimum absolute atomic E-state index is 0.132.